The Morgan fingerprint density at radius 1 is 1.04 bits per heavy atom. The number of fused-ring (bicyclic) bond motifs is 1. The van der Waals surface area contributed by atoms with E-state index in [0.717, 1.165) is 35.4 Å². The van der Waals surface area contributed by atoms with Gasteiger partial charge in [-0.2, -0.15) is 0 Å². The fourth-order valence-electron chi connectivity index (χ4n) is 3.15. The lowest BCUT2D eigenvalue weighted by molar-refractivity contribution is -0.498. The molecule has 0 saturated carbocycles. The number of methoxy groups -OCH3 is 2. The standard InChI is InChI=1S/C19H21NO4/c1-20-7-6-13-10-19(24-3)17(22)11-14(13)15(20)8-12-4-5-18(23-2)16(21)9-12/h4-5,9-11H,6-8H2,1-3H3,(H-,21,22)/p+1/i1+2. The zero-order valence-electron chi connectivity index (χ0n) is 14.2. The molecule has 5 nitrogen and oxygen atoms in total. The van der Waals surface area contributed by atoms with Crippen molar-refractivity contribution in [3.05, 3.63) is 47.0 Å². The van der Waals surface area contributed by atoms with Crippen molar-refractivity contribution < 1.29 is 24.3 Å². The molecule has 5 heteroatoms. The summed E-state index contributed by atoms with van der Waals surface area (Å²) in [6.45, 7) is 0.901. The molecule has 2 aromatic carbocycles. The van der Waals surface area contributed by atoms with Crippen LogP contribution in [0.15, 0.2) is 30.3 Å². The average Bonchev–Trinajstić information content (AvgIpc) is 2.57. The predicted octanol–water partition coefficient (Wildman–Crippen LogP) is 2.35. The number of rotatable bonds is 4. The van der Waals surface area contributed by atoms with Gasteiger partial charge >= 0.3 is 0 Å². The Balaban J connectivity index is 1.99. The van der Waals surface area contributed by atoms with Gasteiger partial charge in [0.2, 0.25) is 0 Å². The molecule has 0 radical (unpaired) electrons. The third kappa shape index (κ3) is 2.89. The monoisotopic (exact) mass is 330 g/mol. The zero-order valence-corrected chi connectivity index (χ0v) is 14.2. The highest BCUT2D eigenvalue weighted by atomic mass is 16.5. The molecule has 0 unspecified atom stereocenters. The van der Waals surface area contributed by atoms with Crippen molar-refractivity contribution in [3.8, 4) is 23.0 Å². The predicted molar refractivity (Wildman–Crippen MR) is 91.9 cm³/mol. The molecule has 1 heterocycles. The van der Waals surface area contributed by atoms with Crippen LogP contribution in [0.2, 0.25) is 0 Å². The molecule has 2 N–H and O–H groups in total. The normalized spacial score (nSPS) is 13.6. The lowest BCUT2D eigenvalue weighted by atomic mass is 9.92. The van der Waals surface area contributed by atoms with Crippen LogP contribution in [-0.4, -0.2) is 48.3 Å². The van der Waals surface area contributed by atoms with E-state index in [0.29, 0.717) is 17.9 Å². The van der Waals surface area contributed by atoms with E-state index in [1.165, 1.54) is 7.11 Å². The lowest BCUT2D eigenvalue weighted by Gasteiger charge is -2.18. The molecule has 126 valence electrons. The summed E-state index contributed by atoms with van der Waals surface area (Å²) in [5, 5.41) is 20.1. The number of benzene rings is 2. The number of hydrogen-bond acceptors (Lipinski definition) is 4. The molecule has 0 saturated heterocycles. The van der Waals surface area contributed by atoms with Crippen LogP contribution >= 0.6 is 0 Å². The Kier molecular flexibility index (Phi) is 4.34. The highest BCUT2D eigenvalue weighted by Crippen LogP contribution is 2.32. The second-order valence-corrected chi connectivity index (χ2v) is 5.98. The van der Waals surface area contributed by atoms with Crippen LogP contribution < -0.4 is 9.47 Å². The van der Waals surface area contributed by atoms with Gasteiger partial charge in [-0.15, -0.1) is 0 Å². The molecule has 0 bridgehead atoms. The minimum Gasteiger partial charge on any atom is -0.504 e. The van der Waals surface area contributed by atoms with Crippen LogP contribution in [0.1, 0.15) is 16.7 Å². The summed E-state index contributed by atoms with van der Waals surface area (Å²) in [5.41, 5.74) is 4.28. The molecular weight excluding hydrogens is 308 g/mol. The minimum absolute atomic E-state index is 0.131. The number of nitrogens with zero attached hydrogens (tertiary/aromatic N) is 1. The van der Waals surface area contributed by atoms with E-state index in [9.17, 15) is 10.2 Å². The molecule has 24 heavy (non-hydrogen) atoms. The summed E-state index contributed by atoms with van der Waals surface area (Å²) in [4.78, 5) is 0. The van der Waals surface area contributed by atoms with Gasteiger partial charge in [0.15, 0.2) is 28.7 Å². The Hall–Kier alpha value is -2.69. The molecule has 0 aliphatic carbocycles. The van der Waals surface area contributed by atoms with Crippen LogP contribution in [0, 0.1) is 0 Å². The highest BCUT2D eigenvalue weighted by Gasteiger charge is 2.25. The van der Waals surface area contributed by atoms with Gasteiger partial charge in [0, 0.05) is 12.0 Å². The van der Waals surface area contributed by atoms with E-state index < -0.39 is 0 Å². The summed E-state index contributed by atoms with van der Waals surface area (Å²) in [7, 11) is 5.13. The van der Waals surface area contributed by atoms with Crippen LogP contribution in [0.4, 0.5) is 0 Å². The minimum atomic E-state index is 0.131. The summed E-state index contributed by atoms with van der Waals surface area (Å²) in [6.07, 6.45) is 1.56. The van der Waals surface area contributed by atoms with E-state index in [1.54, 1.807) is 25.3 Å². The van der Waals surface area contributed by atoms with Crippen molar-refractivity contribution in [1.29, 1.82) is 0 Å². The van der Waals surface area contributed by atoms with Gasteiger partial charge in [0.25, 0.3) is 0 Å². The van der Waals surface area contributed by atoms with Crippen LogP contribution in [0.25, 0.3) is 0 Å². The fraction of sp³-hybridized carbons (Fsp3) is 0.316. The Labute approximate surface area is 141 Å². The van der Waals surface area contributed by atoms with E-state index >= 15 is 0 Å². The summed E-state index contributed by atoms with van der Waals surface area (Å²) in [5.74, 6) is 1.23. The summed E-state index contributed by atoms with van der Waals surface area (Å²) >= 11 is 0. The topological polar surface area (TPSA) is 61.9 Å². The molecular formula is C19H22NO4+. The summed E-state index contributed by atoms with van der Waals surface area (Å²) < 4.78 is 12.5. The van der Waals surface area contributed by atoms with Crippen LogP contribution in [-0.2, 0) is 12.8 Å². The van der Waals surface area contributed by atoms with Crippen molar-refractivity contribution in [2.45, 2.75) is 12.8 Å². The fourth-order valence-corrected chi connectivity index (χ4v) is 3.15. The van der Waals surface area contributed by atoms with Gasteiger partial charge < -0.3 is 19.7 Å². The molecule has 1 aliphatic heterocycles. The number of hydrogen-bond donors (Lipinski definition) is 2. The quantitative estimate of drug-likeness (QED) is 0.845. The first-order valence-corrected chi connectivity index (χ1v) is 7.86. The molecule has 0 aromatic heterocycles. The smallest absolute Gasteiger partial charge is 0.187 e. The third-order valence-electron chi connectivity index (χ3n) is 4.51. The molecule has 2 aromatic rings. The maximum atomic E-state index is 10.1. The molecule has 3 rings (SSSR count). The number of aromatic hydroxyl groups is 2. The Morgan fingerprint density at radius 3 is 2.42 bits per heavy atom. The second kappa shape index (κ2) is 6.43. The maximum absolute atomic E-state index is 10.1. The SMILES string of the molecule is COc1ccc(CC2=[N+]([14CH3])CCc3cc(OC)c(O)cc32)cc1O. The van der Waals surface area contributed by atoms with Crippen molar-refractivity contribution in [2.75, 3.05) is 27.8 Å². The van der Waals surface area contributed by atoms with Gasteiger partial charge in [-0.05, 0) is 35.4 Å². The van der Waals surface area contributed by atoms with E-state index in [1.807, 2.05) is 19.2 Å². The first-order valence-electron chi connectivity index (χ1n) is 7.86. The number of ether oxygens (including phenoxy) is 2. The largest absolute Gasteiger partial charge is 0.504 e. The van der Waals surface area contributed by atoms with Gasteiger partial charge in [0.05, 0.1) is 20.6 Å². The highest BCUT2D eigenvalue weighted by molar-refractivity contribution is 6.00. The van der Waals surface area contributed by atoms with Crippen molar-refractivity contribution in [3.63, 3.8) is 0 Å². The number of phenols is 2. The van der Waals surface area contributed by atoms with Gasteiger partial charge in [0.1, 0.15) is 13.6 Å². The number of phenolic OH excluding ortho intramolecular Hbond substituents is 2. The first-order chi connectivity index (χ1) is 11.5. The van der Waals surface area contributed by atoms with Gasteiger partial charge in [-0.25, -0.2) is 4.58 Å². The van der Waals surface area contributed by atoms with Crippen molar-refractivity contribution in [2.24, 2.45) is 0 Å². The summed E-state index contributed by atoms with van der Waals surface area (Å²) in [6, 6.07) is 9.10. The van der Waals surface area contributed by atoms with E-state index in [2.05, 4.69) is 4.58 Å². The van der Waals surface area contributed by atoms with Crippen LogP contribution in [0.5, 0.6) is 23.0 Å². The maximum Gasteiger partial charge on any atom is 0.187 e. The zero-order chi connectivity index (χ0) is 17.3. The lowest BCUT2D eigenvalue weighted by Crippen LogP contribution is -2.28. The molecule has 0 spiro atoms. The second-order valence-electron chi connectivity index (χ2n) is 5.98. The van der Waals surface area contributed by atoms with Gasteiger partial charge in [-0.3, -0.25) is 0 Å². The Bertz CT molecular complexity index is 811. The number of likely N-dealkylation sites (N-methyl/N-ethyl adjacent to an activating group) is 1. The van der Waals surface area contributed by atoms with Gasteiger partial charge in [-0.1, -0.05) is 6.07 Å². The van der Waals surface area contributed by atoms with Crippen LogP contribution in [0.3, 0.4) is 0 Å². The average molecular weight is 330 g/mol. The molecule has 0 atom stereocenters. The van der Waals surface area contributed by atoms with Crippen molar-refractivity contribution >= 4 is 5.71 Å². The molecule has 1 aliphatic rings. The first kappa shape index (κ1) is 16.2. The Morgan fingerprint density at radius 2 is 1.75 bits per heavy atom. The van der Waals surface area contributed by atoms with E-state index in [-0.39, 0.29) is 11.5 Å². The third-order valence-corrected chi connectivity index (χ3v) is 4.51. The molecule has 0 fully saturated rings. The van der Waals surface area contributed by atoms with Crippen molar-refractivity contribution in [1.82, 2.24) is 0 Å². The van der Waals surface area contributed by atoms with E-state index in [4.69, 9.17) is 9.47 Å². The molecule has 0 amide bonds.